The highest BCUT2D eigenvalue weighted by Crippen LogP contribution is 2.20. The SMILES string of the molecule is Cc1cc(CSCCNC(=N)N(C)S(C)(=O)=O)oc1CN(C)C. The van der Waals surface area contributed by atoms with Crippen molar-refractivity contribution in [2.24, 2.45) is 0 Å². The van der Waals surface area contributed by atoms with Crippen molar-refractivity contribution in [2.45, 2.75) is 19.2 Å². The van der Waals surface area contributed by atoms with Crippen LogP contribution in [0.5, 0.6) is 0 Å². The van der Waals surface area contributed by atoms with Crippen LogP contribution >= 0.6 is 11.8 Å². The maximum atomic E-state index is 11.3. The third-order valence-corrected chi connectivity index (χ3v) is 5.29. The topological polar surface area (TPSA) is 89.6 Å². The Bertz CT molecular complexity index is 626. The van der Waals surface area contributed by atoms with Gasteiger partial charge in [-0.05, 0) is 32.6 Å². The second-order valence-electron chi connectivity index (χ2n) is 5.62. The first-order valence-electron chi connectivity index (χ1n) is 7.18. The summed E-state index contributed by atoms with van der Waals surface area (Å²) in [5.74, 6) is 3.32. The molecule has 1 rings (SSSR count). The summed E-state index contributed by atoms with van der Waals surface area (Å²) in [6, 6.07) is 2.05. The molecular formula is C14H26N4O3S2. The zero-order valence-electron chi connectivity index (χ0n) is 14.3. The quantitative estimate of drug-likeness (QED) is 0.412. The molecule has 0 amide bonds. The summed E-state index contributed by atoms with van der Waals surface area (Å²) in [6.45, 7) is 3.35. The van der Waals surface area contributed by atoms with E-state index in [4.69, 9.17) is 9.83 Å². The van der Waals surface area contributed by atoms with E-state index in [0.717, 1.165) is 45.7 Å². The van der Waals surface area contributed by atoms with E-state index in [1.54, 1.807) is 11.8 Å². The molecule has 0 bridgehead atoms. The third kappa shape index (κ3) is 6.84. The molecule has 0 saturated heterocycles. The van der Waals surface area contributed by atoms with E-state index in [1.807, 2.05) is 21.0 Å². The number of rotatable bonds is 8. The van der Waals surface area contributed by atoms with Gasteiger partial charge in [-0.2, -0.15) is 11.8 Å². The van der Waals surface area contributed by atoms with Gasteiger partial charge in [-0.25, -0.2) is 12.7 Å². The second kappa shape index (κ2) is 8.60. The lowest BCUT2D eigenvalue weighted by molar-refractivity contribution is 0.343. The first-order valence-corrected chi connectivity index (χ1v) is 10.2. The first-order chi connectivity index (χ1) is 10.6. The fraction of sp³-hybridized carbons (Fsp3) is 0.643. The van der Waals surface area contributed by atoms with E-state index in [0.29, 0.717) is 6.54 Å². The van der Waals surface area contributed by atoms with E-state index in [-0.39, 0.29) is 5.96 Å². The molecule has 0 aliphatic rings. The van der Waals surface area contributed by atoms with Gasteiger partial charge in [0, 0.05) is 19.3 Å². The van der Waals surface area contributed by atoms with Crippen molar-refractivity contribution in [3.8, 4) is 0 Å². The van der Waals surface area contributed by atoms with Crippen molar-refractivity contribution in [1.82, 2.24) is 14.5 Å². The van der Waals surface area contributed by atoms with Crippen LogP contribution in [0, 0.1) is 12.3 Å². The van der Waals surface area contributed by atoms with Crippen LogP contribution in [-0.4, -0.2) is 63.3 Å². The van der Waals surface area contributed by atoms with Crippen LogP contribution < -0.4 is 5.32 Å². The molecule has 0 spiro atoms. The fourth-order valence-electron chi connectivity index (χ4n) is 1.80. The summed E-state index contributed by atoms with van der Waals surface area (Å²) < 4.78 is 29.3. The van der Waals surface area contributed by atoms with Gasteiger partial charge >= 0.3 is 0 Å². The first kappa shape index (κ1) is 19.9. The molecule has 1 aromatic rings. The van der Waals surface area contributed by atoms with Gasteiger partial charge in [0.05, 0.1) is 18.6 Å². The Morgan fingerprint density at radius 2 is 2.04 bits per heavy atom. The number of furan rings is 1. The Morgan fingerprint density at radius 3 is 2.61 bits per heavy atom. The van der Waals surface area contributed by atoms with Crippen LogP contribution in [0.1, 0.15) is 17.1 Å². The van der Waals surface area contributed by atoms with Crippen molar-refractivity contribution in [3.05, 3.63) is 23.2 Å². The zero-order chi connectivity index (χ0) is 17.6. The highest BCUT2D eigenvalue weighted by atomic mass is 32.2. The van der Waals surface area contributed by atoms with E-state index in [9.17, 15) is 8.42 Å². The van der Waals surface area contributed by atoms with Gasteiger partial charge in [-0.3, -0.25) is 5.41 Å². The van der Waals surface area contributed by atoms with Crippen LogP contribution in [0.4, 0.5) is 0 Å². The summed E-state index contributed by atoms with van der Waals surface area (Å²) in [5, 5.41) is 10.4. The van der Waals surface area contributed by atoms with Gasteiger partial charge in [-0.15, -0.1) is 0 Å². The number of nitrogens with one attached hydrogen (secondary N) is 2. The molecular weight excluding hydrogens is 336 g/mol. The maximum absolute atomic E-state index is 11.3. The number of hydrogen-bond acceptors (Lipinski definition) is 6. The number of hydrogen-bond donors (Lipinski definition) is 2. The minimum Gasteiger partial charge on any atom is -0.464 e. The summed E-state index contributed by atoms with van der Waals surface area (Å²) in [4.78, 5) is 2.07. The van der Waals surface area contributed by atoms with Crippen LogP contribution in [0.3, 0.4) is 0 Å². The molecule has 0 saturated carbocycles. The van der Waals surface area contributed by atoms with Crippen molar-refractivity contribution in [1.29, 1.82) is 5.41 Å². The van der Waals surface area contributed by atoms with Crippen LogP contribution in [0.15, 0.2) is 10.5 Å². The molecule has 2 N–H and O–H groups in total. The summed E-state index contributed by atoms with van der Waals surface area (Å²) >= 11 is 1.67. The Balaban J connectivity index is 2.32. The summed E-state index contributed by atoms with van der Waals surface area (Å²) in [7, 11) is 1.99. The Kier molecular flexibility index (Phi) is 7.43. The predicted molar refractivity (Wildman–Crippen MR) is 95.3 cm³/mol. The average Bonchev–Trinajstić information content (AvgIpc) is 2.75. The number of thioether (sulfide) groups is 1. The lowest BCUT2D eigenvalue weighted by Crippen LogP contribution is -2.41. The number of sulfonamides is 1. The highest BCUT2D eigenvalue weighted by molar-refractivity contribution is 7.98. The summed E-state index contributed by atoms with van der Waals surface area (Å²) in [6.07, 6.45) is 1.07. The van der Waals surface area contributed by atoms with E-state index in [1.165, 1.54) is 7.05 Å². The van der Waals surface area contributed by atoms with E-state index < -0.39 is 10.0 Å². The van der Waals surface area contributed by atoms with Crippen molar-refractivity contribution < 1.29 is 12.8 Å². The van der Waals surface area contributed by atoms with Gasteiger partial charge < -0.3 is 14.6 Å². The second-order valence-corrected chi connectivity index (χ2v) is 8.73. The number of nitrogens with zero attached hydrogens (tertiary/aromatic N) is 2. The zero-order valence-corrected chi connectivity index (χ0v) is 16.0. The number of guanidine groups is 1. The number of aryl methyl sites for hydroxylation is 1. The van der Waals surface area contributed by atoms with Gasteiger partial charge in [0.15, 0.2) is 0 Å². The molecule has 0 fully saturated rings. The standard InChI is InChI=1S/C14H26N4O3S2/c1-11-8-12(21-13(11)9-17(2)3)10-22-7-6-16-14(15)18(4)23(5,19)20/h8H,6-7,9-10H2,1-5H3,(H2,15,16). The monoisotopic (exact) mass is 362 g/mol. The largest absolute Gasteiger partial charge is 0.464 e. The van der Waals surface area contributed by atoms with Crippen molar-refractivity contribution >= 4 is 27.7 Å². The molecule has 0 atom stereocenters. The normalized spacial score (nSPS) is 11.7. The highest BCUT2D eigenvalue weighted by Gasteiger charge is 2.14. The minimum absolute atomic E-state index is 0.116. The minimum atomic E-state index is -3.38. The van der Waals surface area contributed by atoms with Crippen LogP contribution in [0.2, 0.25) is 0 Å². The molecule has 0 aromatic carbocycles. The van der Waals surface area contributed by atoms with E-state index >= 15 is 0 Å². The Morgan fingerprint density at radius 1 is 1.39 bits per heavy atom. The molecule has 0 aliphatic heterocycles. The van der Waals surface area contributed by atoms with Crippen molar-refractivity contribution in [2.75, 3.05) is 39.7 Å². The lowest BCUT2D eigenvalue weighted by Gasteiger charge is -2.18. The molecule has 0 aliphatic carbocycles. The Labute approximate surface area is 143 Å². The molecule has 7 nitrogen and oxygen atoms in total. The van der Waals surface area contributed by atoms with Gasteiger partial charge in [-0.1, -0.05) is 0 Å². The lowest BCUT2D eigenvalue weighted by atomic mass is 10.2. The maximum Gasteiger partial charge on any atom is 0.234 e. The molecule has 9 heteroatoms. The van der Waals surface area contributed by atoms with Gasteiger partial charge in [0.1, 0.15) is 11.5 Å². The molecule has 132 valence electrons. The average molecular weight is 363 g/mol. The van der Waals surface area contributed by atoms with Crippen LogP contribution in [0.25, 0.3) is 0 Å². The van der Waals surface area contributed by atoms with Gasteiger partial charge in [0.25, 0.3) is 0 Å². The molecule has 0 unspecified atom stereocenters. The van der Waals surface area contributed by atoms with Crippen molar-refractivity contribution in [3.63, 3.8) is 0 Å². The van der Waals surface area contributed by atoms with Crippen LogP contribution in [-0.2, 0) is 22.3 Å². The summed E-state index contributed by atoms with van der Waals surface area (Å²) in [5.41, 5.74) is 1.16. The van der Waals surface area contributed by atoms with Gasteiger partial charge in [0.2, 0.25) is 16.0 Å². The molecule has 0 radical (unpaired) electrons. The third-order valence-electron chi connectivity index (χ3n) is 3.13. The predicted octanol–water partition coefficient (Wildman–Crippen LogP) is 1.30. The van der Waals surface area contributed by atoms with E-state index in [2.05, 4.69) is 16.3 Å². The fourth-order valence-corrected chi connectivity index (χ4v) is 2.93. The molecule has 1 aromatic heterocycles. The molecule has 1 heterocycles. The molecule has 23 heavy (non-hydrogen) atoms. The smallest absolute Gasteiger partial charge is 0.234 e. The Hall–Kier alpha value is -1.19.